The summed E-state index contributed by atoms with van der Waals surface area (Å²) >= 11 is 0. The van der Waals surface area contributed by atoms with Crippen LogP contribution in [0.1, 0.15) is 56.9 Å². The summed E-state index contributed by atoms with van der Waals surface area (Å²) in [6.07, 6.45) is 8.64. The van der Waals surface area contributed by atoms with Gasteiger partial charge in [-0.25, -0.2) is 9.97 Å². The quantitative estimate of drug-likeness (QED) is 0.523. The summed E-state index contributed by atoms with van der Waals surface area (Å²) in [6, 6.07) is 9.32. The summed E-state index contributed by atoms with van der Waals surface area (Å²) in [5.74, 6) is 2.60. The Bertz CT molecular complexity index is 879. The molecule has 0 unspecified atom stereocenters. The van der Waals surface area contributed by atoms with Crippen molar-refractivity contribution in [2.24, 2.45) is 5.92 Å². The van der Waals surface area contributed by atoms with Crippen LogP contribution in [0.15, 0.2) is 30.5 Å². The van der Waals surface area contributed by atoms with Crippen molar-refractivity contribution in [3.05, 3.63) is 36.0 Å². The van der Waals surface area contributed by atoms with Crippen molar-refractivity contribution in [3.8, 4) is 11.3 Å². The lowest BCUT2D eigenvalue weighted by atomic mass is 9.80. The van der Waals surface area contributed by atoms with Gasteiger partial charge in [-0.2, -0.15) is 0 Å². The van der Waals surface area contributed by atoms with Crippen molar-refractivity contribution in [1.82, 2.24) is 15.3 Å². The lowest BCUT2D eigenvalue weighted by Crippen LogP contribution is -2.40. The van der Waals surface area contributed by atoms with Crippen LogP contribution in [0.4, 0.5) is 11.6 Å². The zero-order valence-corrected chi connectivity index (χ0v) is 20.1. The standard InChI is InChI=1S/C26H39N5O2/c1-18(17-32-2)30-22-5-3-20(4-6-22)23-7-8-25(29-16-19-10-13-33-14-11-19)31-26(23)21-9-12-28-24(27)15-21/h7-9,12,15,18-20,22,30H,3-6,10-11,13-14,16-17H2,1-2H3,(H2,27,28)(H,29,31)/t18-,20?,22?/m1/s1. The molecule has 1 saturated carbocycles. The Morgan fingerprint density at radius 1 is 1.12 bits per heavy atom. The maximum Gasteiger partial charge on any atom is 0.126 e. The molecule has 1 aliphatic carbocycles. The number of nitrogen functional groups attached to an aromatic ring is 1. The summed E-state index contributed by atoms with van der Waals surface area (Å²) in [5.41, 5.74) is 9.42. The lowest BCUT2D eigenvalue weighted by Gasteiger charge is -2.32. The lowest BCUT2D eigenvalue weighted by molar-refractivity contribution is 0.0699. The molecule has 0 radical (unpaired) electrons. The van der Waals surface area contributed by atoms with Gasteiger partial charge < -0.3 is 25.8 Å². The van der Waals surface area contributed by atoms with Gasteiger partial charge in [0.15, 0.2) is 0 Å². The van der Waals surface area contributed by atoms with E-state index in [0.717, 1.165) is 69.1 Å². The normalized spacial score (nSPS) is 22.7. The van der Waals surface area contributed by atoms with Gasteiger partial charge in [-0.15, -0.1) is 0 Å². The molecular weight excluding hydrogens is 414 g/mol. The first-order chi connectivity index (χ1) is 16.1. The number of ether oxygens (including phenoxy) is 2. The third-order valence-corrected chi connectivity index (χ3v) is 7.00. The molecule has 2 aromatic rings. The summed E-state index contributed by atoms with van der Waals surface area (Å²) in [7, 11) is 1.76. The van der Waals surface area contributed by atoms with Crippen molar-refractivity contribution in [2.75, 3.05) is 44.5 Å². The number of hydrogen-bond acceptors (Lipinski definition) is 7. The molecule has 33 heavy (non-hydrogen) atoms. The van der Waals surface area contributed by atoms with Crippen molar-refractivity contribution in [1.29, 1.82) is 0 Å². The zero-order chi connectivity index (χ0) is 23.0. The smallest absolute Gasteiger partial charge is 0.126 e. The van der Waals surface area contributed by atoms with E-state index in [2.05, 4.69) is 34.7 Å². The fraction of sp³-hybridized carbons (Fsp3) is 0.615. The molecule has 180 valence electrons. The van der Waals surface area contributed by atoms with E-state index in [1.54, 1.807) is 13.3 Å². The summed E-state index contributed by atoms with van der Waals surface area (Å²) in [4.78, 5) is 9.26. The first kappa shape index (κ1) is 23.9. The Morgan fingerprint density at radius 2 is 1.91 bits per heavy atom. The van der Waals surface area contributed by atoms with E-state index in [1.807, 2.05) is 12.1 Å². The molecule has 2 aromatic heterocycles. The number of nitrogens with one attached hydrogen (secondary N) is 2. The first-order valence-electron chi connectivity index (χ1n) is 12.4. The molecule has 7 heteroatoms. The molecule has 4 N–H and O–H groups in total. The van der Waals surface area contributed by atoms with E-state index >= 15 is 0 Å². The molecule has 0 amide bonds. The minimum Gasteiger partial charge on any atom is -0.384 e. The second kappa shape index (κ2) is 11.8. The van der Waals surface area contributed by atoms with Gasteiger partial charge in [0.1, 0.15) is 11.6 Å². The molecule has 2 aliphatic rings. The van der Waals surface area contributed by atoms with E-state index in [4.69, 9.17) is 20.2 Å². The van der Waals surface area contributed by atoms with Crippen LogP contribution in [-0.4, -0.2) is 55.5 Å². The second-order valence-corrected chi connectivity index (χ2v) is 9.61. The highest BCUT2D eigenvalue weighted by molar-refractivity contribution is 5.68. The van der Waals surface area contributed by atoms with Gasteiger partial charge >= 0.3 is 0 Å². The topological polar surface area (TPSA) is 94.3 Å². The Morgan fingerprint density at radius 3 is 2.64 bits per heavy atom. The third kappa shape index (κ3) is 6.65. The van der Waals surface area contributed by atoms with Crippen LogP contribution in [0, 0.1) is 5.92 Å². The third-order valence-electron chi connectivity index (χ3n) is 7.00. The predicted molar refractivity (Wildman–Crippen MR) is 133 cm³/mol. The van der Waals surface area contributed by atoms with Gasteiger partial charge in [0, 0.05) is 50.7 Å². The molecule has 3 heterocycles. The fourth-order valence-corrected chi connectivity index (χ4v) is 5.20. The van der Waals surface area contributed by atoms with Crippen molar-refractivity contribution in [3.63, 3.8) is 0 Å². The molecular formula is C26H39N5O2. The number of pyridine rings is 2. The van der Waals surface area contributed by atoms with Gasteiger partial charge in [0.25, 0.3) is 0 Å². The Kier molecular flexibility index (Phi) is 8.53. The van der Waals surface area contributed by atoms with E-state index in [9.17, 15) is 0 Å². The van der Waals surface area contributed by atoms with Crippen molar-refractivity contribution in [2.45, 2.75) is 63.5 Å². The van der Waals surface area contributed by atoms with E-state index in [1.165, 1.54) is 18.4 Å². The number of rotatable bonds is 9. The number of methoxy groups -OCH3 is 1. The van der Waals surface area contributed by atoms with Crippen LogP contribution in [0.5, 0.6) is 0 Å². The largest absolute Gasteiger partial charge is 0.384 e. The molecule has 1 saturated heterocycles. The molecule has 0 aromatic carbocycles. The predicted octanol–water partition coefficient (Wildman–Crippen LogP) is 4.22. The van der Waals surface area contributed by atoms with Gasteiger partial charge in [0.05, 0.1) is 12.3 Å². The molecule has 2 fully saturated rings. The Balaban J connectivity index is 1.48. The van der Waals surface area contributed by atoms with Gasteiger partial charge in [-0.05, 0) is 81.0 Å². The monoisotopic (exact) mass is 453 g/mol. The van der Waals surface area contributed by atoms with E-state index in [0.29, 0.717) is 29.7 Å². The van der Waals surface area contributed by atoms with E-state index in [-0.39, 0.29) is 0 Å². The zero-order valence-electron chi connectivity index (χ0n) is 20.1. The fourth-order valence-electron chi connectivity index (χ4n) is 5.20. The molecule has 0 bridgehead atoms. The van der Waals surface area contributed by atoms with Crippen LogP contribution in [0.25, 0.3) is 11.3 Å². The van der Waals surface area contributed by atoms with Crippen LogP contribution in [-0.2, 0) is 9.47 Å². The minimum atomic E-state index is 0.384. The summed E-state index contributed by atoms with van der Waals surface area (Å²) < 4.78 is 10.8. The second-order valence-electron chi connectivity index (χ2n) is 9.61. The molecule has 1 aliphatic heterocycles. The minimum absolute atomic E-state index is 0.384. The van der Waals surface area contributed by atoms with Crippen LogP contribution in [0.2, 0.25) is 0 Å². The summed E-state index contributed by atoms with van der Waals surface area (Å²) in [5, 5.41) is 7.29. The molecule has 7 nitrogen and oxygen atoms in total. The summed E-state index contributed by atoms with van der Waals surface area (Å²) in [6.45, 7) is 5.60. The van der Waals surface area contributed by atoms with Crippen LogP contribution < -0.4 is 16.4 Å². The van der Waals surface area contributed by atoms with Crippen LogP contribution >= 0.6 is 0 Å². The van der Waals surface area contributed by atoms with Crippen molar-refractivity contribution >= 4 is 11.6 Å². The number of hydrogen-bond donors (Lipinski definition) is 3. The maximum absolute atomic E-state index is 6.02. The maximum atomic E-state index is 6.02. The average Bonchev–Trinajstić information content (AvgIpc) is 2.84. The Labute approximate surface area is 197 Å². The molecule has 4 rings (SSSR count). The van der Waals surface area contributed by atoms with Crippen LogP contribution in [0.3, 0.4) is 0 Å². The Hall–Kier alpha value is -2.22. The SMILES string of the molecule is COC[C@@H](C)NC1CCC(c2ccc(NCC3CCOCC3)nc2-c2ccnc(N)c2)CC1. The first-order valence-corrected chi connectivity index (χ1v) is 12.4. The molecule has 1 atom stereocenters. The molecule has 0 spiro atoms. The highest BCUT2D eigenvalue weighted by atomic mass is 16.5. The number of nitrogens with two attached hydrogens (primary N) is 1. The van der Waals surface area contributed by atoms with E-state index < -0.39 is 0 Å². The number of anilines is 2. The van der Waals surface area contributed by atoms with Gasteiger partial charge in [-0.3, -0.25) is 0 Å². The number of nitrogens with zero attached hydrogens (tertiary/aromatic N) is 2. The highest BCUT2D eigenvalue weighted by Crippen LogP contribution is 2.38. The highest BCUT2D eigenvalue weighted by Gasteiger charge is 2.26. The van der Waals surface area contributed by atoms with Gasteiger partial charge in [0.2, 0.25) is 0 Å². The van der Waals surface area contributed by atoms with Gasteiger partial charge in [-0.1, -0.05) is 6.07 Å². The number of aromatic nitrogens is 2. The average molecular weight is 454 g/mol. The van der Waals surface area contributed by atoms with Crippen molar-refractivity contribution < 1.29 is 9.47 Å².